The highest BCUT2D eigenvalue weighted by Gasteiger charge is 2.29. The third-order valence-corrected chi connectivity index (χ3v) is 5.34. The number of piperidine rings is 1. The Hall–Kier alpha value is -3.03. The molecule has 152 valence electrons. The van der Waals surface area contributed by atoms with E-state index in [0.29, 0.717) is 37.7 Å². The molecule has 2 aromatic rings. The standard InChI is InChI=1S/C21H23FN4O3/c22-16-5-1-6-17(10-16)29-19-12-23-11-18(24-19)15-4-2-8-25(13-15)21(28)14-26-9-3-7-20(26)27/h1,5-6,10-12,15H,2-4,7-9,13-14H2. The molecule has 29 heavy (non-hydrogen) atoms. The molecular formula is C21H23FN4O3. The second-order valence-electron chi connectivity index (χ2n) is 7.44. The van der Waals surface area contributed by atoms with Gasteiger partial charge in [0.2, 0.25) is 17.7 Å². The Morgan fingerprint density at radius 3 is 2.93 bits per heavy atom. The van der Waals surface area contributed by atoms with Crippen LogP contribution in [0.1, 0.15) is 37.3 Å². The predicted octanol–water partition coefficient (Wildman–Crippen LogP) is 2.74. The number of halogens is 1. The molecule has 0 saturated carbocycles. The van der Waals surface area contributed by atoms with Gasteiger partial charge in [-0.25, -0.2) is 9.37 Å². The molecule has 1 aromatic carbocycles. The molecule has 8 heteroatoms. The van der Waals surface area contributed by atoms with E-state index in [0.717, 1.165) is 25.0 Å². The second-order valence-corrected chi connectivity index (χ2v) is 7.44. The molecule has 2 amide bonds. The normalized spacial score (nSPS) is 19.5. The third-order valence-electron chi connectivity index (χ3n) is 5.34. The molecule has 3 heterocycles. The van der Waals surface area contributed by atoms with Crippen LogP contribution >= 0.6 is 0 Å². The van der Waals surface area contributed by atoms with E-state index >= 15 is 0 Å². The number of amides is 2. The van der Waals surface area contributed by atoms with Gasteiger partial charge >= 0.3 is 0 Å². The molecule has 0 spiro atoms. The molecule has 2 saturated heterocycles. The average molecular weight is 398 g/mol. The van der Waals surface area contributed by atoms with Crippen molar-refractivity contribution in [1.29, 1.82) is 0 Å². The Morgan fingerprint density at radius 1 is 1.24 bits per heavy atom. The van der Waals surface area contributed by atoms with E-state index in [9.17, 15) is 14.0 Å². The minimum absolute atomic E-state index is 0.0231. The molecule has 7 nitrogen and oxygen atoms in total. The van der Waals surface area contributed by atoms with E-state index in [-0.39, 0.29) is 30.1 Å². The van der Waals surface area contributed by atoms with Crippen molar-refractivity contribution in [2.75, 3.05) is 26.2 Å². The molecule has 2 aliphatic heterocycles. The summed E-state index contributed by atoms with van der Waals surface area (Å²) >= 11 is 0. The lowest BCUT2D eigenvalue weighted by Gasteiger charge is -2.33. The predicted molar refractivity (Wildman–Crippen MR) is 103 cm³/mol. The van der Waals surface area contributed by atoms with Crippen LogP contribution in [-0.4, -0.2) is 57.8 Å². The fourth-order valence-electron chi connectivity index (χ4n) is 3.84. The van der Waals surface area contributed by atoms with E-state index < -0.39 is 0 Å². The van der Waals surface area contributed by atoms with Crippen LogP contribution in [0.25, 0.3) is 0 Å². The summed E-state index contributed by atoms with van der Waals surface area (Å²) in [4.78, 5) is 36.6. The van der Waals surface area contributed by atoms with Crippen LogP contribution in [0, 0.1) is 5.82 Å². The smallest absolute Gasteiger partial charge is 0.242 e. The van der Waals surface area contributed by atoms with E-state index in [1.54, 1.807) is 23.2 Å². The molecule has 0 N–H and O–H groups in total. The van der Waals surface area contributed by atoms with Gasteiger partial charge in [-0.1, -0.05) is 6.07 Å². The van der Waals surface area contributed by atoms with Gasteiger partial charge in [0.15, 0.2) is 0 Å². The van der Waals surface area contributed by atoms with Crippen molar-refractivity contribution in [3.05, 3.63) is 48.2 Å². The van der Waals surface area contributed by atoms with Gasteiger partial charge in [0.25, 0.3) is 0 Å². The van der Waals surface area contributed by atoms with Crippen LogP contribution < -0.4 is 4.74 Å². The number of carbonyl (C=O) groups excluding carboxylic acids is 2. The van der Waals surface area contributed by atoms with Crippen molar-refractivity contribution < 1.29 is 18.7 Å². The summed E-state index contributed by atoms with van der Waals surface area (Å²) in [6, 6.07) is 5.85. The molecule has 0 bridgehead atoms. The van der Waals surface area contributed by atoms with Crippen LogP contribution in [0.4, 0.5) is 4.39 Å². The van der Waals surface area contributed by atoms with Crippen molar-refractivity contribution in [3.63, 3.8) is 0 Å². The fraction of sp³-hybridized carbons (Fsp3) is 0.429. The number of rotatable bonds is 5. The van der Waals surface area contributed by atoms with Crippen LogP contribution in [0.2, 0.25) is 0 Å². The topological polar surface area (TPSA) is 75.6 Å². The molecule has 0 aliphatic carbocycles. The molecular weight excluding hydrogens is 375 g/mol. The number of likely N-dealkylation sites (tertiary alicyclic amines) is 2. The zero-order chi connectivity index (χ0) is 20.2. The molecule has 1 atom stereocenters. The number of hydrogen-bond donors (Lipinski definition) is 0. The summed E-state index contributed by atoms with van der Waals surface area (Å²) in [5.41, 5.74) is 0.744. The summed E-state index contributed by atoms with van der Waals surface area (Å²) in [6.07, 6.45) is 6.28. The Morgan fingerprint density at radius 2 is 2.14 bits per heavy atom. The highest BCUT2D eigenvalue weighted by Crippen LogP contribution is 2.28. The quantitative estimate of drug-likeness (QED) is 0.774. The zero-order valence-corrected chi connectivity index (χ0v) is 16.1. The van der Waals surface area contributed by atoms with E-state index in [2.05, 4.69) is 9.97 Å². The largest absolute Gasteiger partial charge is 0.437 e. The van der Waals surface area contributed by atoms with Gasteiger partial charge in [-0.3, -0.25) is 14.6 Å². The Labute approximate surface area is 168 Å². The Kier molecular flexibility index (Phi) is 5.69. The second kappa shape index (κ2) is 8.55. The SMILES string of the molecule is O=C1CCCN1CC(=O)N1CCCC(c2cncc(Oc3cccc(F)c3)n2)C1. The monoisotopic (exact) mass is 398 g/mol. The first kappa shape index (κ1) is 19.3. The molecule has 1 aromatic heterocycles. The van der Waals surface area contributed by atoms with Crippen LogP contribution in [0.3, 0.4) is 0 Å². The highest BCUT2D eigenvalue weighted by atomic mass is 19.1. The number of benzene rings is 1. The number of nitrogens with zero attached hydrogens (tertiary/aromatic N) is 4. The molecule has 2 aliphatic rings. The lowest BCUT2D eigenvalue weighted by atomic mass is 9.95. The molecule has 0 radical (unpaired) electrons. The number of ether oxygens (including phenoxy) is 1. The lowest BCUT2D eigenvalue weighted by molar-refractivity contribution is -0.139. The maximum absolute atomic E-state index is 13.4. The summed E-state index contributed by atoms with van der Waals surface area (Å²) in [7, 11) is 0. The van der Waals surface area contributed by atoms with Crippen molar-refractivity contribution in [1.82, 2.24) is 19.8 Å². The van der Waals surface area contributed by atoms with E-state index in [1.165, 1.54) is 18.3 Å². The zero-order valence-electron chi connectivity index (χ0n) is 16.1. The number of aromatic nitrogens is 2. The van der Waals surface area contributed by atoms with Gasteiger partial charge in [-0.15, -0.1) is 0 Å². The third kappa shape index (κ3) is 4.70. The molecule has 4 rings (SSSR count). The Bertz CT molecular complexity index is 907. The minimum Gasteiger partial charge on any atom is -0.437 e. The lowest BCUT2D eigenvalue weighted by Crippen LogP contribution is -2.45. The van der Waals surface area contributed by atoms with Gasteiger partial charge in [0.05, 0.1) is 18.4 Å². The molecule has 1 unspecified atom stereocenters. The number of carbonyl (C=O) groups is 2. The van der Waals surface area contributed by atoms with Gasteiger partial charge in [-0.05, 0) is 31.4 Å². The van der Waals surface area contributed by atoms with Crippen LogP contribution in [0.15, 0.2) is 36.7 Å². The molecule has 2 fully saturated rings. The van der Waals surface area contributed by atoms with Crippen molar-refractivity contribution in [2.24, 2.45) is 0 Å². The van der Waals surface area contributed by atoms with Crippen LogP contribution in [-0.2, 0) is 9.59 Å². The fourth-order valence-corrected chi connectivity index (χ4v) is 3.84. The minimum atomic E-state index is -0.385. The first-order chi connectivity index (χ1) is 14.1. The maximum atomic E-state index is 13.4. The summed E-state index contributed by atoms with van der Waals surface area (Å²) in [6.45, 7) is 2.04. The average Bonchev–Trinajstić information content (AvgIpc) is 3.13. The maximum Gasteiger partial charge on any atom is 0.242 e. The Balaban J connectivity index is 1.41. The van der Waals surface area contributed by atoms with Crippen molar-refractivity contribution in [2.45, 2.75) is 31.6 Å². The summed E-state index contributed by atoms with van der Waals surface area (Å²) in [5.74, 6) is 0.339. The van der Waals surface area contributed by atoms with E-state index in [4.69, 9.17) is 4.74 Å². The highest BCUT2D eigenvalue weighted by molar-refractivity contribution is 5.86. The first-order valence-electron chi connectivity index (χ1n) is 9.89. The van der Waals surface area contributed by atoms with Crippen molar-refractivity contribution >= 4 is 11.8 Å². The first-order valence-corrected chi connectivity index (χ1v) is 9.89. The number of hydrogen-bond acceptors (Lipinski definition) is 5. The van der Waals surface area contributed by atoms with Gasteiger partial charge in [0, 0.05) is 44.2 Å². The van der Waals surface area contributed by atoms with Crippen molar-refractivity contribution in [3.8, 4) is 11.6 Å². The summed E-state index contributed by atoms with van der Waals surface area (Å²) in [5, 5.41) is 0. The van der Waals surface area contributed by atoms with Crippen LogP contribution in [0.5, 0.6) is 11.6 Å². The van der Waals surface area contributed by atoms with Gasteiger partial charge in [-0.2, -0.15) is 0 Å². The van der Waals surface area contributed by atoms with Gasteiger partial charge in [0.1, 0.15) is 11.6 Å². The van der Waals surface area contributed by atoms with E-state index in [1.807, 2.05) is 4.90 Å². The summed E-state index contributed by atoms with van der Waals surface area (Å²) < 4.78 is 19.0. The van der Waals surface area contributed by atoms with Gasteiger partial charge < -0.3 is 14.5 Å².